The Labute approximate surface area is 421 Å². The Morgan fingerprint density at radius 2 is 0.551 bits per heavy atom. The Kier molecular flexibility index (Phi) is 12.6. The second-order valence-electron chi connectivity index (χ2n) is 16.8. The quantitative estimate of drug-likeness (QED) is 0.0840. The molecule has 0 fully saturated rings. The van der Waals surface area contributed by atoms with Crippen LogP contribution in [-0.4, -0.2) is 28.4 Å². The Hall–Kier alpha value is -8.88. The van der Waals surface area contributed by atoms with Gasteiger partial charge in [-0.15, -0.1) is 0 Å². The molecule has 8 bridgehead atoms. The van der Waals surface area contributed by atoms with Crippen LogP contribution in [0.1, 0.15) is 28.3 Å². The number of hydrogen-bond donors (Lipinski definition) is 3. The van der Waals surface area contributed by atoms with Crippen molar-refractivity contribution in [2.45, 2.75) is 11.8 Å². The Balaban J connectivity index is 1.43. The molecule has 2 aliphatic heterocycles. The zero-order valence-electron chi connectivity index (χ0n) is 37.7. The summed E-state index contributed by atoms with van der Waals surface area (Å²) in [5, 5.41) is 0. The van der Waals surface area contributed by atoms with E-state index in [0.29, 0.717) is 54.1 Å². The topological polar surface area (TPSA) is 104 Å². The molecule has 5 heterocycles. The molecule has 0 atom stereocenters. The van der Waals surface area contributed by atoms with Crippen LogP contribution in [0, 0.1) is 117 Å². The number of fused-ring (bicyclic) bond motifs is 8. The molecular weight excluding hydrogens is 1110 g/mol. The van der Waals surface area contributed by atoms with Gasteiger partial charge in [-0.05, 0) is 67.6 Å². The van der Waals surface area contributed by atoms with Gasteiger partial charge in [-0.3, -0.25) is 4.72 Å². The lowest BCUT2D eigenvalue weighted by Crippen LogP contribution is -2.17. The molecule has 3 N–H and O–H groups in total. The number of rotatable bonds is 7. The predicted octanol–water partition coefficient (Wildman–Crippen LogP) is 15.1. The minimum atomic E-state index is -5.08. The van der Waals surface area contributed by atoms with Gasteiger partial charge in [0.05, 0.1) is 49.9 Å². The Bertz CT molecular complexity index is 4200. The van der Waals surface area contributed by atoms with Crippen molar-refractivity contribution in [2.75, 3.05) is 4.72 Å². The molecule has 0 amide bonds. The van der Waals surface area contributed by atoms with E-state index in [1.165, 1.54) is 23.8 Å². The molecule has 398 valence electrons. The summed E-state index contributed by atoms with van der Waals surface area (Å²) in [5.74, 6) is -49.7. The normalized spacial score (nSPS) is 12.4. The number of hydrogen-bond acceptors (Lipinski definition) is 4. The zero-order valence-corrected chi connectivity index (χ0v) is 38.5. The van der Waals surface area contributed by atoms with Crippen molar-refractivity contribution in [1.29, 1.82) is 0 Å². The van der Waals surface area contributed by atoms with Crippen LogP contribution >= 0.6 is 0 Å². The molecule has 0 spiro atoms. The first-order chi connectivity index (χ1) is 36.8. The van der Waals surface area contributed by atoms with Gasteiger partial charge in [0.15, 0.2) is 93.1 Å². The number of halogens is 19. The van der Waals surface area contributed by atoms with Crippen molar-refractivity contribution in [3.8, 4) is 44.5 Å². The van der Waals surface area contributed by atoms with Crippen molar-refractivity contribution in [1.82, 2.24) is 19.9 Å². The highest BCUT2D eigenvalue weighted by molar-refractivity contribution is 7.92. The number of nitrogens with zero attached hydrogens (tertiary/aromatic N) is 2. The minimum absolute atomic E-state index is 0.497. The minimum Gasteiger partial charge on any atom is -0.354 e. The molecule has 10 rings (SSSR count). The summed E-state index contributed by atoms with van der Waals surface area (Å²) in [6.07, 6.45) is 2.40. The maximum Gasteiger partial charge on any atom is 0.262 e. The fraction of sp³-hybridized carbons (Fsp3) is 0.0196. The van der Waals surface area contributed by atoms with E-state index in [4.69, 9.17) is 0 Å². The van der Waals surface area contributed by atoms with Gasteiger partial charge in [0.25, 0.3) is 10.0 Å². The maximum absolute atomic E-state index is 16.8. The van der Waals surface area contributed by atoms with E-state index in [9.17, 15) is 21.6 Å². The van der Waals surface area contributed by atoms with Crippen LogP contribution < -0.4 is 4.72 Å². The van der Waals surface area contributed by atoms with Gasteiger partial charge < -0.3 is 9.97 Å². The van der Waals surface area contributed by atoms with E-state index in [0.717, 1.165) is 12.1 Å². The summed E-state index contributed by atoms with van der Waals surface area (Å²) in [5.41, 5.74) is -22.2. The first kappa shape index (κ1) is 52.6. The maximum atomic E-state index is 16.8. The summed E-state index contributed by atoms with van der Waals surface area (Å²) in [6, 6.07) is 6.89. The van der Waals surface area contributed by atoms with Gasteiger partial charge in [-0.25, -0.2) is 102 Å². The highest BCUT2D eigenvalue weighted by Gasteiger charge is 2.36. The third kappa shape index (κ3) is 7.95. The molecule has 27 heteroatoms. The van der Waals surface area contributed by atoms with Gasteiger partial charge in [0.1, 0.15) is 5.69 Å². The van der Waals surface area contributed by atoms with Gasteiger partial charge in [0, 0.05) is 44.3 Å². The SMILES string of the molecule is Cc1ccc(S(=O)(=O)Nc2c(F)c(F)c(-c3c4nc(c(-c5c(F)c(F)c(F)c(F)c5F)c5ccc([nH]5)c(-c5c(F)c(F)c(F)c(F)c5F)c5nc(c(-c6c(F)c(F)c(F)c(F)c6F)c6ccc3[nH]6)C=C5)C=C4)c(F)c2F)cc1. The number of anilines is 1. The van der Waals surface area contributed by atoms with Crippen molar-refractivity contribution < 1.29 is 91.8 Å². The third-order valence-electron chi connectivity index (χ3n) is 12.2. The summed E-state index contributed by atoms with van der Waals surface area (Å²) in [6.45, 7) is 1.53. The molecule has 8 aromatic rings. The summed E-state index contributed by atoms with van der Waals surface area (Å²) in [4.78, 5) is 11.8. The van der Waals surface area contributed by atoms with Crippen molar-refractivity contribution in [3.05, 3.63) is 187 Å². The van der Waals surface area contributed by atoms with E-state index < -0.39 is 220 Å². The van der Waals surface area contributed by atoms with E-state index in [1.54, 1.807) is 0 Å². The second-order valence-corrected chi connectivity index (χ2v) is 18.4. The van der Waals surface area contributed by atoms with Crippen molar-refractivity contribution in [2.24, 2.45) is 0 Å². The van der Waals surface area contributed by atoms with Crippen LogP contribution in [0.3, 0.4) is 0 Å². The molecule has 0 aliphatic carbocycles. The molecule has 2 aliphatic rings. The monoisotopic (exact) mass is 1130 g/mol. The fourth-order valence-electron chi connectivity index (χ4n) is 8.58. The summed E-state index contributed by atoms with van der Waals surface area (Å²) in [7, 11) is -5.08. The summed E-state index contributed by atoms with van der Waals surface area (Å²) < 4.78 is 324. The lowest BCUT2D eigenvalue weighted by atomic mass is 10.0. The Morgan fingerprint density at radius 1 is 0.321 bits per heavy atom. The largest absolute Gasteiger partial charge is 0.354 e. The van der Waals surface area contributed by atoms with Crippen LogP contribution in [-0.2, 0) is 10.0 Å². The lowest BCUT2D eigenvalue weighted by molar-refractivity contribution is 0.381. The summed E-state index contributed by atoms with van der Waals surface area (Å²) >= 11 is 0. The van der Waals surface area contributed by atoms with Gasteiger partial charge >= 0.3 is 0 Å². The molecule has 5 aromatic carbocycles. The van der Waals surface area contributed by atoms with Crippen LogP contribution in [0.25, 0.3) is 90.9 Å². The van der Waals surface area contributed by atoms with E-state index >= 15 is 70.2 Å². The first-order valence-electron chi connectivity index (χ1n) is 21.4. The standard InChI is InChI=1S/C51H18F19N5O2S/c1-14-2-4-15(5-3-14)78(76,77)75-51-49(69)38(58)31(39(59)50(51)70)27-22-12-10-20(73-22)25(29-34(54)42(62)47(67)43(63)35(29)55)18-8-6-16(71-18)24(28-32(52)40(60)46(66)41(61)33(28)53)17-7-9-19(72-17)26(21-11-13-23(27)74-21)30-36(56)44(64)48(68)45(65)37(30)57/h2-13,71,74-75H,1H3. The number of aromatic amines is 2. The highest BCUT2D eigenvalue weighted by Crippen LogP contribution is 2.45. The molecule has 0 unspecified atom stereocenters. The average molecular weight is 1130 g/mol. The molecule has 7 nitrogen and oxygen atoms in total. The van der Waals surface area contributed by atoms with Gasteiger partial charge in [-0.2, -0.15) is 0 Å². The number of H-pyrrole nitrogens is 2. The molecule has 0 radical (unpaired) electrons. The predicted molar refractivity (Wildman–Crippen MR) is 242 cm³/mol. The number of nitrogens with one attached hydrogen (secondary N) is 3. The van der Waals surface area contributed by atoms with Gasteiger partial charge in [-0.1, -0.05) is 17.7 Å². The van der Waals surface area contributed by atoms with Crippen LogP contribution in [0.5, 0.6) is 0 Å². The first-order valence-corrected chi connectivity index (χ1v) is 22.9. The fourth-order valence-corrected chi connectivity index (χ4v) is 9.64. The molecule has 78 heavy (non-hydrogen) atoms. The van der Waals surface area contributed by atoms with Crippen LogP contribution in [0.4, 0.5) is 89.1 Å². The van der Waals surface area contributed by atoms with E-state index in [2.05, 4.69) is 19.9 Å². The lowest BCUT2D eigenvalue weighted by Gasteiger charge is -2.15. The van der Waals surface area contributed by atoms with Crippen LogP contribution in [0.2, 0.25) is 0 Å². The molecule has 3 aromatic heterocycles. The number of sulfonamides is 1. The van der Waals surface area contributed by atoms with E-state index in [1.807, 2.05) is 0 Å². The number of aryl methyl sites for hydroxylation is 1. The van der Waals surface area contributed by atoms with E-state index in [-0.39, 0.29) is 0 Å². The van der Waals surface area contributed by atoms with Gasteiger partial charge in [0.2, 0.25) is 17.5 Å². The number of aromatic nitrogens is 4. The highest BCUT2D eigenvalue weighted by atomic mass is 32.2. The third-order valence-corrected chi connectivity index (χ3v) is 13.6. The smallest absolute Gasteiger partial charge is 0.262 e. The molecule has 0 saturated carbocycles. The molecular formula is C51H18F19N5O2S. The second kappa shape index (κ2) is 18.7. The Morgan fingerprint density at radius 3 is 0.808 bits per heavy atom. The zero-order chi connectivity index (χ0) is 56.5. The molecule has 0 saturated heterocycles. The number of benzene rings is 5. The van der Waals surface area contributed by atoms with Crippen molar-refractivity contribution in [3.63, 3.8) is 0 Å². The average Bonchev–Trinajstić information content (AvgIpc) is 4.31. The van der Waals surface area contributed by atoms with Crippen LogP contribution in [0.15, 0.2) is 53.4 Å². The van der Waals surface area contributed by atoms with Crippen molar-refractivity contribution >= 4 is 62.1 Å².